The van der Waals surface area contributed by atoms with Crippen molar-refractivity contribution in [2.45, 2.75) is 45.7 Å². The van der Waals surface area contributed by atoms with Crippen LogP contribution in [0.4, 0.5) is 0 Å². The third-order valence-corrected chi connectivity index (χ3v) is 4.42. The Morgan fingerprint density at radius 2 is 2.26 bits per heavy atom. The summed E-state index contributed by atoms with van der Waals surface area (Å²) in [5.41, 5.74) is 1.44. The van der Waals surface area contributed by atoms with Gasteiger partial charge in [-0.1, -0.05) is 13.8 Å². The maximum Gasteiger partial charge on any atom is 0.138 e. The molecule has 0 aliphatic heterocycles. The van der Waals surface area contributed by atoms with Crippen LogP contribution in [-0.2, 0) is 19.4 Å². The first-order valence-corrected chi connectivity index (χ1v) is 7.78. The van der Waals surface area contributed by atoms with Gasteiger partial charge in [0.05, 0.1) is 0 Å². The second kappa shape index (κ2) is 6.82. The summed E-state index contributed by atoms with van der Waals surface area (Å²) >= 11 is 1.83. The molecule has 0 aliphatic rings. The summed E-state index contributed by atoms with van der Waals surface area (Å²) in [7, 11) is 2.02. The van der Waals surface area contributed by atoms with Gasteiger partial charge in [0.1, 0.15) is 12.2 Å². The van der Waals surface area contributed by atoms with Crippen molar-refractivity contribution in [3.05, 3.63) is 34.0 Å². The molecule has 1 unspecified atom stereocenters. The highest BCUT2D eigenvalue weighted by Crippen LogP contribution is 2.27. The molecule has 5 heteroatoms. The monoisotopic (exact) mass is 278 g/mol. The van der Waals surface area contributed by atoms with E-state index in [1.807, 2.05) is 23.1 Å². The van der Waals surface area contributed by atoms with Crippen molar-refractivity contribution in [2.24, 2.45) is 0 Å². The summed E-state index contributed by atoms with van der Waals surface area (Å²) in [6, 6.07) is 2.55. The van der Waals surface area contributed by atoms with Gasteiger partial charge in [-0.3, -0.25) is 4.68 Å². The zero-order valence-electron chi connectivity index (χ0n) is 11.9. The average molecular weight is 278 g/mol. The van der Waals surface area contributed by atoms with Gasteiger partial charge in [-0.05, 0) is 36.9 Å². The fourth-order valence-electron chi connectivity index (χ4n) is 2.30. The molecule has 0 aromatic carbocycles. The van der Waals surface area contributed by atoms with E-state index in [4.69, 9.17) is 0 Å². The number of hydrogen-bond donors (Lipinski definition) is 1. The molecule has 0 spiro atoms. The molecule has 0 amide bonds. The zero-order valence-corrected chi connectivity index (χ0v) is 12.7. The zero-order chi connectivity index (χ0) is 13.7. The number of hydrogen-bond acceptors (Lipinski definition) is 4. The van der Waals surface area contributed by atoms with Crippen LogP contribution in [0.2, 0.25) is 0 Å². The Hall–Kier alpha value is -1.20. The van der Waals surface area contributed by atoms with E-state index in [0.717, 1.165) is 31.6 Å². The molecule has 19 heavy (non-hydrogen) atoms. The molecule has 0 bridgehead atoms. The minimum Gasteiger partial charge on any atom is -0.312 e. The van der Waals surface area contributed by atoms with E-state index in [2.05, 4.69) is 40.7 Å². The molecule has 0 aliphatic carbocycles. The van der Waals surface area contributed by atoms with Crippen molar-refractivity contribution in [1.82, 2.24) is 20.1 Å². The molecule has 2 aromatic heterocycles. The van der Waals surface area contributed by atoms with Gasteiger partial charge in [-0.25, -0.2) is 4.98 Å². The van der Waals surface area contributed by atoms with E-state index in [1.54, 1.807) is 6.33 Å². The highest BCUT2D eigenvalue weighted by molar-refractivity contribution is 7.10. The number of aryl methyl sites for hydroxylation is 2. The topological polar surface area (TPSA) is 42.7 Å². The minimum absolute atomic E-state index is 0.328. The molecular weight excluding hydrogens is 256 g/mol. The third-order valence-electron chi connectivity index (χ3n) is 3.34. The third kappa shape index (κ3) is 3.22. The number of rotatable bonds is 7. The predicted octanol–water partition coefficient (Wildman–Crippen LogP) is 2.82. The van der Waals surface area contributed by atoms with Crippen molar-refractivity contribution in [2.75, 3.05) is 7.05 Å². The van der Waals surface area contributed by atoms with Crippen LogP contribution in [0.25, 0.3) is 0 Å². The smallest absolute Gasteiger partial charge is 0.138 e. The van der Waals surface area contributed by atoms with Crippen LogP contribution in [0.5, 0.6) is 0 Å². The Balaban J connectivity index is 2.17. The van der Waals surface area contributed by atoms with E-state index >= 15 is 0 Å². The molecule has 4 nitrogen and oxygen atoms in total. The molecule has 0 saturated heterocycles. The maximum atomic E-state index is 4.40. The first-order chi connectivity index (χ1) is 9.30. The lowest BCUT2D eigenvalue weighted by molar-refractivity contribution is 0.519. The standard InChI is InChI=1S/C14H22N4S/c1-4-7-18-13(16-10-17-18)9-12(15-3)14-11(5-2)6-8-19-14/h6,8,10,12,15H,4-5,7,9H2,1-3H3. The normalized spacial score (nSPS) is 12.8. The van der Waals surface area contributed by atoms with Gasteiger partial charge in [0, 0.05) is 23.9 Å². The van der Waals surface area contributed by atoms with Crippen LogP contribution < -0.4 is 5.32 Å². The molecular formula is C14H22N4S. The van der Waals surface area contributed by atoms with E-state index < -0.39 is 0 Å². The molecule has 0 radical (unpaired) electrons. The van der Waals surface area contributed by atoms with Gasteiger partial charge in [-0.15, -0.1) is 11.3 Å². The number of nitrogens with zero attached hydrogens (tertiary/aromatic N) is 3. The van der Waals surface area contributed by atoms with E-state index in [9.17, 15) is 0 Å². The summed E-state index contributed by atoms with van der Waals surface area (Å²) < 4.78 is 2.02. The summed E-state index contributed by atoms with van der Waals surface area (Å²) in [6.45, 7) is 5.31. The Kier molecular flexibility index (Phi) is 5.10. The number of nitrogens with one attached hydrogen (secondary N) is 1. The van der Waals surface area contributed by atoms with Crippen molar-refractivity contribution in [3.8, 4) is 0 Å². The minimum atomic E-state index is 0.328. The van der Waals surface area contributed by atoms with Gasteiger partial charge >= 0.3 is 0 Å². The molecule has 1 atom stereocenters. The molecule has 2 aromatic rings. The lowest BCUT2D eigenvalue weighted by Crippen LogP contribution is -2.21. The Morgan fingerprint density at radius 1 is 1.42 bits per heavy atom. The first kappa shape index (κ1) is 14.2. The van der Waals surface area contributed by atoms with Gasteiger partial charge in [-0.2, -0.15) is 5.10 Å². The Labute approximate surface area is 118 Å². The average Bonchev–Trinajstić information content (AvgIpc) is 3.05. The number of likely N-dealkylation sites (N-methyl/N-ethyl adjacent to an activating group) is 1. The fraction of sp³-hybridized carbons (Fsp3) is 0.571. The van der Waals surface area contributed by atoms with Crippen LogP contribution >= 0.6 is 11.3 Å². The van der Waals surface area contributed by atoms with Crippen molar-refractivity contribution >= 4 is 11.3 Å². The SMILES string of the molecule is CCCn1ncnc1CC(NC)c1sccc1CC. The molecule has 104 valence electrons. The van der Waals surface area contributed by atoms with Crippen LogP contribution in [-0.4, -0.2) is 21.8 Å². The Bertz CT molecular complexity index is 503. The number of thiophene rings is 1. The van der Waals surface area contributed by atoms with Crippen LogP contribution in [0.3, 0.4) is 0 Å². The van der Waals surface area contributed by atoms with Gasteiger partial charge in [0.25, 0.3) is 0 Å². The lowest BCUT2D eigenvalue weighted by Gasteiger charge is -2.16. The summed E-state index contributed by atoms with van der Waals surface area (Å²) in [5.74, 6) is 1.07. The summed E-state index contributed by atoms with van der Waals surface area (Å²) in [6.07, 6.45) is 4.72. The first-order valence-electron chi connectivity index (χ1n) is 6.90. The van der Waals surface area contributed by atoms with Crippen molar-refractivity contribution in [3.63, 3.8) is 0 Å². The molecule has 2 rings (SSSR count). The second-order valence-corrected chi connectivity index (χ2v) is 5.56. The highest BCUT2D eigenvalue weighted by Gasteiger charge is 2.17. The van der Waals surface area contributed by atoms with Crippen LogP contribution in [0.15, 0.2) is 17.8 Å². The highest BCUT2D eigenvalue weighted by atomic mass is 32.1. The van der Waals surface area contributed by atoms with Crippen LogP contribution in [0, 0.1) is 0 Å². The quantitative estimate of drug-likeness (QED) is 0.847. The van der Waals surface area contributed by atoms with Crippen molar-refractivity contribution < 1.29 is 0 Å². The number of aromatic nitrogens is 3. The molecule has 2 heterocycles. The van der Waals surface area contributed by atoms with Gasteiger partial charge in [0.2, 0.25) is 0 Å². The van der Waals surface area contributed by atoms with E-state index in [0.29, 0.717) is 6.04 Å². The van der Waals surface area contributed by atoms with Crippen LogP contribution in [0.1, 0.15) is 42.6 Å². The molecule has 0 saturated carbocycles. The van der Waals surface area contributed by atoms with E-state index in [-0.39, 0.29) is 0 Å². The van der Waals surface area contributed by atoms with Gasteiger partial charge in [0.15, 0.2) is 0 Å². The lowest BCUT2D eigenvalue weighted by atomic mass is 10.1. The van der Waals surface area contributed by atoms with Gasteiger partial charge < -0.3 is 5.32 Å². The predicted molar refractivity (Wildman–Crippen MR) is 79.5 cm³/mol. The van der Waals surface area contributed by atoms with Crippen molar-refractivity contribution in [1.29, 1.82) is 0 Å². The molecule has 1 N–H and O–H groups in total. The Morgan fingerprint density at radius 3 is 2.95 bits per heavy atom. The summed E-state index contributed by atoms with van der Waals surface area (Å²) in [4.78, 5) is 5.83. The largest absolute Gasteiger partial charge is 0.312 e. The fourth-order valence-corrected chi connectivity index (χ4v) is 3.41. The van der Waals surface area contributed by atoms with E-state index in [1.165, 1.54) is 10.4 Å². The maximum absolute atomic E-state index is 4.40. The summed E-state index contributed by atoms with van der Waals surface area (Å²) in [5, 5.41) is 9.89. The molecule has 0 fully saturated rings. The second-order valence-electron chi connectivity index (χ2n) is 4.61.